The van der Waals surface area contributed by atoms with Crippen LogP contribution in [0.15, 0.2) is 24.0 Å². The smallest absolute Gasteiger partial charge is 0.0535 e. The van der Waals surface area contributed by atoms with Gasteiger partial charge in [-0.25, -0.2) is 0 Å². The topological polar surface area (TPSA) is 57.4 Å². The van der Waals surface area contributed by atoms with E-state index in [1.54, 1.807) is 12.4 Å². The summed E-state index contributed by atoms with van der Waals surface area (Å²) in [6.07, 6.45) is 3.48. The Hall–Kier alpha value is -0.720. The van der Waals surface area contributed by atoms with Crippen LogP contribution in [-0.2, 0) is 0 Å². The standard InChI is InChI=1S/2C2H3N2P/c2*1-2-5-4-3-1/h2*1-2H,(H,3,4). The van der Waals surface area contributed by atoms with E-state index in [1.165, 1.54) is 0 Å². The van der Waals surface area contributed by atoms with Crippen LogP contribution in [0.4, 0.5) is 0 Å². The van der Waals surface area contributed by atoms with E-state index in [2.05, 4.69) is 19.9 Å². The number of H-pyrrole nitrogens is 2. The molecule has 0 aliphatic heterocycles. The number of nitrogens with one attached hydrogen (secondary N) is 2. The molecule has 0 aliphatic rings. The summed E-state index contributed by atoms with van der Waals surface area (Å²) in [7, 11) is 2.19. The van der Waals surface area contributed by atoms with E-state index >= 15 is 0 Å². The fraction of sp³-hybridized carbons (Fsp3) is 0. The van der Waals surface area contributed by atoms with Gasteiger partial charge in [-0.1, -0.05) is 0 Å². The fourth-order valence-electron chi connectivity index (χ4n) is 0.333. The monoisotopic (exact) mass is 172 g/mol. The van der Waals surface area contributed by atoms with Gasteiger partial charge in [-0.15, -0.1) is 0 Å². The van der Waals surface area contributed by atoms with Gasteiger partial charge in [-0.3, -0.25) is 9.72 Å². The number of rotatable bonds is 0. The van der Waals surface area contributed by atoms with E-state index in [4.69, 9.17) is 0 Å². The van der Waals surface area contributed by atoms with E-state index in [-0.39, 0.29) is 0 Å². The highest BCUT2D eigenvalue weighted by atomic mass is 31.0. The van der Waals surface area contributed by atoms with Crippen molar-refractivity contribution in [2.24, 2.45) is 0 Å². The molecule has 0 atom stereocenters. The van der Waals surface area contributed by atoms with Crippen molar-refractivity contribution in [2.75, 3.05) is 0 Å². The second-order valence-corrected chi connectivity index (χ2v) is 2.83. The maximum absolute atomic E-state index is 3.64. The zero-order chi connectivity index (χ0) is 7.07. The molecule has 52 valence electrons. The number of nitrogens with zero attached hydrogens (tertiary/aromatic N) is 2. The molecule has 0 spiro atoms. The molecule has 0 aliphatic carbocycles. The summed E-state index contributed by atoms with van der Waals surface area (Å²) in [5.41, 5.74) is 0. The molecular formula is C4H6N4P2. The highest BCUT2D eigenvalue weighted by molar-refractivity contribution is 7.24. The highest BCUT2D eigenvalue weighted by Gasteiger charge is 1.58. The van der Waals surface area contributed by atoms with Gasteiger partial charge in [0.15, 0.2) is 0 Å². The summed E-state index contributed by atoms with van der Waals surface area (Å²) in [6, 6.07) is 0. The van der Waals surface area contributed by atoms with Crippen LogP contribution in [0.3, 0.4) is 0 Å². The van der Waals surface area contributed by atoms with Gasteiger partial charge >= 0.3 is 0 Å². The van der Waals surface area contributed by atoms with Gasteiger partial charge in [0.2, 0.25) is 0 Å². The molecular weight excluding hydrogens is 166 g/mol. The molecule has 0 aromatic carbocycles. The van der Waals surface area contributed by atoms with E-state index < -0.39 is 0 Å². The first-order chi connectivity index (χ1) is 5.00. The van der Waals surface area contributed by atoms with E-state index in [1.807, 2.05) is 11.6 Å². The van der Waals surface area contributed by atoms with Gasteiger partial charge in [0.05, 0.1) is 12.4 Å². The average Bonchev–Trinajstić information content (AvgIpc) is 2.67. The first-order valence-electron chi connectivity index (χ1n) is 2.59. The molecule has 2 aromatic heterocycles. The lowest BCUT2D eigenvalue weighted by Crippen LogP contribution is -1.50. The quantitative estimate of drug-likeness (QED) is 0.638. The van der Waals surface area contributed by atoms with Crippen molar-refractivity contribution in [3.05, 3.63) is 24.0 Å². The zero-order valence-corrected chi connectivity index (χ0v) is 6.89. The van der Waals surface area contributed by atoms with E-state index in [0.29, 0.717) is 0 Å². The minimum Gasteiger partial charge on any atom is -0.260 e. The Kier molecular flexibility index (Phi) is 3.76. The Morgan fingerprint density at radius 3 is 1.50 bits per heavy atom. The number of hydrogen-bond donors (Lipinski definition) is 2. The van der Waals surface area contributed by atoms with E-state index in [9.17, 15) is 0 Å². The molecule has 2 rings (SSSR count). The molecule has 0 unspecified atom stereocenters. The van der Waals surface area contributed by atoms with Gasteiger partial charge in [-0.2, -0.15) is 10.2 Å². The van der Waals surface area contributed by atoms with Gasteiger partial charge in [0.1, 0.15) is 0 Å². The molecule has 10 heavy (non-hydrogen) atoms. The highest BCUT2D eigenvalue weighted by Crippen LogP contribution is 1.88. The molecule has 0 bridgehead atoms. The molecule has 2 N–H and O–H groups in total. The second kappa shape index (κ2) is 5.10. The predicted molar refractivity (Wildman–Crippen MR) is 42.2 cm³/mol. The van der Waals surface area contributed by atoms with Crippen molar-refractivity contribution in [3.63, 3.8) is 0 Å². The van der Waals surface area contributed by atoms with E-state index in [0.717, 1.165) is 16.7 Å². The lowest BCUT2D eigenvalue weighted by molar-refractivity contribution is 1.16. The van der Waals surface area contributed by atoms with Crippen molar-refractivity contribution in [2.45, 2.75) is 0 Å². The largest absolute Gasteiger partial charge is 0.260 e. The summed E-state index contributed by atoms with van der Waals surface area (Å²) in [5.74, 6) is 3.86. The summed E-state index contributed by atoms with van der Waals surface area (Å²) < 4.78 is 0. The second-order valence-electron chi connectivity index (χ2n) is 1.31. The minimum absolute atomic E-state index is 1.09. The maximum Gasteiger partial charge on any atom is 0.0535 e. The lowest BCUT2D eigenvalue weighted by Gasteiger charge is -1.48. The summed E-state index contributed by atoms with van der Waals surface area (Å²) in [4.78, 5) is 5.42. The van der Waals surface area contributed by atoms with Crippen LogP contribution in [0, 0.1) is 0 Å². The average molecular weight is 172 g/mol. The van der Waals surface area contributed by atoms with Crippen LogP contribution in [0.5, 0.6) is 0 Å². The van der Waals surface area contributed by atoms with Crippen LogP contribution >= 0.6 is 16.7 Å². The van der Waals surface area contributed by atoms with Crippen molar-refractivity contribution in [1.82, 2.24) is 19.9 Å². The third kappa shape index (κ3) is 3.33. The summed E-state index contributed by atoms with van der Waals surface area (Å²) >= 11 is 0. The normalized spacial score (nSPS) is 9.60. The first-order valence-corrected chi connectivity index (χ1v) is 4.52. The molecule has 6 heteroatoms. The van der Waals surface area contributed by atoms with Gasteiger partial charge in [0.25, 0.3) is 0 Å². The Bertz CT molecular complexity index is 154. The van der Waals surface area contributed by atoms with Crippen LogP contribution < -0.4 is 0 Å². The zero-order valence-electron chi connectivity index (χ0n) is 5.10. The number of hydrogen-bond acceptors (Lipinski definition) is 2. The van der Waals surface area contributed by atoms with Gasteiger partial charge in [0, 0.05) is 28.3 Å². The van der Waals surface area contributed by atoms with Crippen molar-refractivity contribution >= 4 is 16.7 Å². The molecule has 0 radical (unpaired) electrons. The van der Waals surface area contributed by atoms with Crippen molar-refractivity contribution in [1.29, 1.82) is 0 Å². The van der Waals surface area contributed by atoms with Gasteiger partial charge in [-0.05, 0) is 0 Å². The van der Waals surface area contributed by atoms with Gasteiger partial charge < -0.3 is 0 Å². The molecule has 2 aromatic rings. The number of aromatic amines is 2. The maximum atomic E-state index is 3.64. The Labute approximate surface area is 61.4 Å². The summed E-state index contributed by atoms with van der Waals surface area (Å²) in [6.45, 7) is 0. The molecule has 2 heterocycles. The Balaban J connectivity index is 0.0000001000. The molecule has 0 fully saturated rings. The van der Waals surface area contributed by atoms with Crippen molar-refractivity contribution in [3.8, 4) is 0 Å². The first kappa shape index (κ1) is 7.39. The molecule has 4 nitrogen and oxygen atoms in total. The number of aromatic nitrogens is 4. The molecule has 0 amide bonds. The Morgan fingerprint density at radius 1 is 0.900 bits per heavy atom. The third-order valence-electron chi connectivity index (χ3n) is 0.662. The van der Waals surface area contributed by atoms with Crippen LogP contribution in [0.25, 0.3) is 0 Å². The van der Waals surface area contributed by atoms with Crippen LogP contribution in [-0.4, -0.2) is 19.9 Å². The Morgan fingerprint density at radius 2 is 1.40 bits per heavy atom. The lowest BCUT2D eigenvalue weighted by atomic mass is 11.1. The summed E-state index contributed by atoms with van der Waals surface area (Å²) in [5, 5.41) is 7.28. The van der Waals surface area contributed by atoms with Crippen LogP contribution in [0.1, 0.15) is 0 Å². The fourth-order valence-corrected chi connectivity index (χ4v) is 1.00. The SMILES string of the molecule is c1cp[nH]n1.c1cp[nH]n1. The molecule has 0 saturated carbocycles. The minimum atomic E-state index is 1.09. The predicted octanol–water partition coefficient (Wildman–Crippen LogP) is 1.98. The van der Waals surface area contributed by atoms with Crippen molar-refractivity contribution < 1.29 is 0 Å². The van der Waals surface area contributed by atoms with Crippen LogP contribution in [0.2, 0.25) is 0 Å². The third-order valence-corrected chi connectivity index (χ3v) is 1.69. The molecule has 0 saturated heterocycles.